The van der Waals surface area contributed by atoms with Crippen LogP contribution in [-0.4, -0.2) is 15.8 Å². The maximum absolute atomic E-state index is 4.35. The molecular weight excluding hydrogens is 222 g/mol. The molecule has 1 aliphatic carbocycles. The van der Waals surface area contributed by atoms with Crippen molar-refractivity contribution in [3.8, 4) is 0 Å². The highest BCUT2D eigenvalue weighted by Gasteiger charge is 2.21. The van der Waals surface area contributed by atoms with Crippen molar-refractivity contribution in [3.05, 3.63) is 18.0 Å². The SMILES string of the molecule is CCn1cc(C(C)NC(C)C2CCCCC2)cn1. The van der Waals surface area contributed by atoms with Gasteiger partial charge in [0.05, 0.1) is 6.20 Å². The van der Waals surface area contributed by atoms with Crippen LogP contribution in [0.5, 0.6) is 0 Å². The molecule has 3 heteroatoms. The molecule has 1 aromatic heterocycles. The van der Waals surface area contributed by atoms with Crippen LogP contribution in [0.4, 0.5) is 0 Å². The van der Waals surface area contributed by atoms with Gasteiger partial charge < -0.3 is 5.32 Å². The van der Waals surface area contributed by atoms with Gasteiger partial charge in [-0.2, -0.15) is 5.10 Å². The number of aryl methyl sites for hydroxylation is 1. The minimum atomic E-state index is 0.405. The van der Waals surface area contributed by atoms with Crippen molar-refractivity contribution in [2.45, 2.75) is 71.5 Å². The average molecular weight is 249 g/mol. The molecular formula is C15H27N3. The maximum Gasteiger partial charge on any atom is 0.0537 e. The Hall–Kier alpha value is -0.830. The molecule has 2 unspecified atom stereocenters. The van der Waals surface area contributed by atoms with Gasteiger partial charge in [0.25, 0.3) is 0 Å². The van der Waals surface area contributed by atoms with Crippen LogP contribution in [0.25, 0.3) is 0 Å². The summed E-state index contributed by atoms with van der Waals surface area (Å²) in [6.07, 6.45) is 11.2. The minimum absolute atomic E-state index is 0.405. The molecule has 0 amide bonds. The lowest BCUT2D eigenvalue weighted by molar-refractivity contribution is 0.268. The molecule has 0 aromatic carbocycles. The molecule has 2 rings (SSSR count). The Morgan fingerprint density at radius 1 is 1.33 bits per heavy atom. The third-order valence-electron chi connectivity index (χ3n) is 4.35. The van der Waals surface area contributed by atoms with Crippen LogP contribution >= 0.6 is 0 Å². The van der Waals surface area contributed by atoms with E-state index in [4.69, 9.17) is 0 Å². The lowest BCUT2D eigenvalue weighted by Crippen LogP contribution is -2.36. The second kappa shape index (κ2) is 6.37. The van der Waals surface area contributed by atoms with Crippen LogP contribution in [0.15, 0.2) is 12.4 Å². The molecule has 0 radical (unpaired) electrons. The molecule has 1 heterocycles. The van der Waals surface area contributed by atoms with E-state index in [1.807, 2.05) is 10.9 Å². The minimum Gasteiger partial charge on any atom is -0.307 e. The highest BCUT2D eigenvalue weighted by Crippen LogP contribution is 2.27. The van der Waals surface area contributed by atoms with Gasteiger partial charge >= 0.3 is 0 Å². The van der Waals surface area contributed by atoms with Gasteiger partial charge in [-0.1, -0.05) is 19.3 Å². The molecule has 1 N–H and O–H groups in total. The first-order chi connectivity index (χ1) is 8.70. The number of hydrogen-bond donors (Lipinski definition) is 1. The summed E-state index contributed by atoms with van der Waals surface area (Å²) in [7, 11) is 0. The number of aromatic nitrogens is 2. The molecule has 0 saturated heterocycles. The number of nitrogens with zero attached hydrogens (tertiary/aromatic N) is 2. The first-order valence-electron chi connectivity index (χ1n) is 7.49. The lowest BCUT2D eigenvalue weighted by Gasteiger charge is -2.30. The predicted molar refractivity (Wildman–Crippen MR) is 75.5 cm³/mol. The van der Waals surface area contributed by atoms with Crippen molar-refractivity contribution in [2.75, 3.05) is 0 Å². The summed E-state index contributed by atoms with van der Waals surface area (Å²) in [5.41, 5.74) is 1.31. The van der Waals surface area contributed by atoms with Crippen LogP contribution in [0.1, 0.15) is 64.5 Å². The van der Waals surface area contributed by atoms with Crippen LogP contribution in [0.2, 0.25) is 0 Å². The molecule has 1 aliphatic rings. The summed E-state index contributed by atoms with van der Waals surface area (Å²) in [6, 6.07) is 1.02. The van der Waals surface area contributed by atoms with Crippen molar-refractivity contribution >= 4 is 0 Å². The van der Waals surface area contributed by atoms with E-state index in [9.17, 15) is 0 Å². The Morgan fingerprint density at radius 3 is 2.67 bits per heavy atom. The van der Waals surface area contributed by atoms with Crippen molar-refractivity contribution in [1.29, 1.82) is 0 Å². The lowest BCUT2D eigenvalue weighted by atomic mass is 9.84. The number of hydrogen-bond acceptors (Lipinski definition) is 2. The van der Waals surface area contributed by atoms with Crippen molar-refractivity contribution < 1.29 is 0 Å². The zero-order valence-electron chi connectivity index (χ0n) is 12.0. The van der Waals surface area contributed by atoms with E-state index in [2.05, 4.69) is 37.4 Å². The molecule has 1 fully saturated rings. The molecule has 18 heavy (non-hydrogen) atoms. The van der Waals surface area contributed by atoms with Gasteiger partial charge in [0.1, 0.15) is 0 Å². The highest BCUT2D eigenvalue weighted by molar-refractivity contribution is 5.09. The van der Waals surface area contributed by atoms with Crippen LogP contribution < -0.4 is 5.32 Å². The fourth-order valence-electron chi connectivity index (χ4n) is 3.04. The standard InChI is InChI=1S/C15H27N3/c1-4-18-11-15(10-16-18)13(3)17-12(2)14-8-6-5-7-9-14/h10-14,17H,4-9H2,1-3H3. The van der Waals surface area contributed by atoms with Gasteiger partial charge in [0.15, 0.2) is 0 Å². The van der Waals surface area contributed by atoms with Crippen molar-refractivity contribution in [2.24, 2.45) is 5.92 Å². The summed E-state index contributed by atoms with van der Waals surface area (Å²) in [5.74, 6) is 0.863. The summed E-state index contributed by atoms with van der Waals surface area (Å²) in [5, 5.41) is 8.10. The first-order valence-corrected chi connectivity index (χ1v) is 7.49. The fraction of sp³-hybridized carbons (Fsp3) is 0.800. The number of rotatable bonds is 5. The molecule has 1 saturated carbocycles. The maximum atomic E-state index is 4.35. The normalized spacial score (nSPS) is 20.8. The second-order valence-electron chi connectivity index (χ2n) is 5.70. The Balaban J connectivity index is 1.87. The molecule has 102 valence electrons. The largest absolute Gasteiger partial charge is 0.307 e. The van der Waals surface area contributed by atoms with Gasteiger partial charge in [0, 0.05) is 30.4 Å². The molecule has 0 spiro atoms. The summed E-state index contributed by atoms with van der Waals surface area (Å²) in [6.45, 7) is 7.66. The zero-order chi connectivity index (χ0) is 13.0. The van der Waals surface area contributed by atoms with E-state index < -0.39 is 0 Å². The van der Waals surface area contributed by atoms with Gasteiger partial charge in [-0.15, -0.1) is 0 Å². The third-order valence-corrected chi connectivity index (χ3v) is 4.35. The van der Waals surface area contributed by atoms with E-state index in [0.717, 1.165) is 12.5 Å². The molecule has 3 nitrogen and oxygen atoms in total. The van der Waals surface area contributed by atoms with Gasteiger partial charge in [0.2, 0.25) is 0 Å². The molecule has 2 atom stereocenters. The zero-order valence-corrected chi connectivity index (χ0v) is 12.0. The first kappa shape index (κ1) is 13.6. The Kier molecular flexibility index (Phi) is 4.81. The van der Waals surface area contributed by atoms with E-state index in [1.165, 1.54) is 37.7 Å². The predicted octanol–water partition coefficient (Wildman–Crippen LogP) is 3.52. The van der Waals surface area contributed by atoms with Crippen LogP contribution in [0, 0.1) is 5.92 Å². The summed E-state index contributed by atoms with van der Waals surface area (Å²) >= 11 is 0. The second-order valence-corrected chi connectivity index (χ2v) is 5.70. The number of nitrogens with one attached hydrogen (secondary N) is 1. The average Bonchev–Trinajstić information content (AvgIpc) is 2.88. The fourth-order valence-corrected chi connectivity index (χ4v) is 3.04. The van der Waals surface area contributed by atoms with Crippen LogP contribution in [-0.2, 0) is 6.54 Å². The van der Waals surface area contributed by atoms with E-state index >= 15 is 0 Å². The molecule has 0 aliphatic heterocycles. The highest BCUT2D eigenvalue weighted by atomic mass is 15.3. The monoisotopic (exact) mass is 249 g/mol. The van der Waals surface area contributed by atoms with Gasteiger partial charge in [-0.3, -0.25) is 4.68 Å². The van der Waals surface area contributed by atoms with Gasteiger partial charge in [-0.25, -0.2) is 0 Å². The smallest absolute Gasteiger partial charge is 0.0537 e. The van der Waals surface area contributed by atoms with E-state index in [-0.39, 0.29) is 0 Å². The summed E-state index contributed by atoms with van der Waals surface area (Å²) in [4.78, 5) is 0. The van der Waals surface area contributed by atoms with Gasteiger partial charge in [-0.05, 0) is 39.5 Å². The van der Waals surface area contributed by atoms with Crippen LogP contribution in [0.3, 0.4) is 0 Å². The topological polar surface area (TPSA) is 29.9 Å². The van der Waals surface area contributed by atoms with Crippen molar-refractivity contribution in [3.63, 3.8) is 0 Å². The van der Waals surface area contributed by atoms with E-state index in [1.54, 1.807) is 0 Å². The molecule has 0 bridgehead atoms. The summed E-state index contributed by atoms with van der Waals surface area (Å²) < 4.78 is 2.00. The Morgan fingerprint density at radius 2 is 2.06 bits per heavy atom. The molecule has 1 aromatic rings. The van der Waals surface area contributed by atoms with E-state index in [0.29, 0.717) is 12.1 Å². The quantitative estimate of drug-likeness (QED) is 0.865. The Labute approximate surface area is 111 Å². The third kappa shape index (κ3) is 3.35. The van der Waals surface area contributed by atoms with Crippen molar-refractivity contribution in [1.82, 2.24) is 15.1 Å². The Bertz CT molecular complexity index is 352.